The van der Waals surface area contributed by atoms with Crippen molar-refractivity contribution in [2.24, 2.45) is 0 Å². The van der Waals surface area contributed by atoms with Crippen molar-refractivity contribution in [1.82, 2.24) is 10.2 Å². The Labute approximate surface area is 111 Å². The van der Waals surface area contributed by atoms with Gasteiger partial charge in [-0.15, -0.1) is 10.2 Å². The first-order valence-corrected chi connectivity index (χ1v) is 6.80. The molecule has 0 aliphatic heterocycles. The Hall–Kier alpha value is -1.62. The molecule has 0 spiro atoms. The summed E-state index contributed by atoms with van der Waals surface area (Å²) in [7, 11) is 1.85. The second-order valence-corrected chi connectivity index (χ2v) is 5.03. The largest absolute Gasteiger partial charge is 0.493 e. The Morgan fingerprint density at radius 2 is 2.11 bits per heavy atom. The van der Waals surface area contributed by atoms with Gasteiger partial charge in [0, 0.05) is 13.5 Å². The first kappa shape index (κ1) is 12.8. The average Bonchev–Trinajstić information content (AvgIpc) is 2.84. The fourth-order valence-electron chi connectivity index (χ4n) is 1.58. The molecule has 0 saturated carbocycles. The number of benzene rings is 1. The maximum absolute atomic E-state index is 5.73. The Balaban J connectivity index is 1.74. The summed E-state index contributed by atoms with van der Waals surface area (Å²) < 4.78 is 5.73. The van der Waals surface area contributed by atoms with Crippen LogP contribution in [-0.2, 0) is 6.42 Å². The van der Waals surface area contributed by atoms with Crippen LogP contribution in [0.5, 0.6) is 5.75 Å². The molecule has 0 saturated heterocycles. The van der Waals surface area contributed by atoms with Crippen molar-refractivity contribution in [3.8, 4) is 5.75 Å². The molecule has 5 heteroatoms. The van der Waals surface area contributed by atoms with E-state index < -0.39 is 0 Å². The van der Waals surface area contributed by atoms with Gasteiger partial charge in [0.2, 0.25) is 5.13 Å². The predicted molar refractivity (Wildman–Crippen MR) is 74.5 cm³/mol. The van der Waals surface area contributed by atoms with E-state index in [1.807, 2.05) is 25.2 Å². The van der Waals surface area contributed by atoms with Crippen LogP contribution >= 0.6 is 11.3 Å². The summed E-state index contributed by atoms with van der Waals surface area (Å²) in [5.41, 5.74) is 1.17. The van der Waals surface area contributed by atoms with Crippen molar-refractivity contribution in [3.63, 3.8) is 0 Å². The van der Waals surface area contributed by atoms with Crippen molar-refractivity contribution in [2.75, 3.05) is 19.0 Å². The molecule has 0 fully saturated rings. The third-order valence-electron chi connectivity index (χ3n) is 2.57. The Morgan fingerprint density at radius 1 is 1.28 bits per heavy atom. The van der Waals surface area contributed by atoms with Gasteiger partial charge in [0.05, 0.1) is 6.61 Å². The molecule has 2 rings (SSSR count). The maximum Gasteiger partial charge on any atom is 0.205 e. The molecular formula is C13H17N3OS. The molecule has 0 atom stereocenters. The third-order valence-corrected chi connectivity index (χ3v) is 3.57. The van der Waals surface area contributed by atoms with E-state index in [1.165, 1.54) is 5.56 Å². The molecule has 0 amide bonds. The normalized spacial score (nSPS) is 10.3. The molecule has 0 unspecified atom stereocenters. The van der Waals surface area contributed by atoms with Crippen LogP contribution in [0.15, 0.2) is 24.3 Å². The minimum Gasteiger partial charge on any atom is -0.493 e. The van der Waals surface area contributed by atoms with Crippen molar-refractivity contribution >= 4 is 16.5 Å². The number of para-hydroxylation sites is 1. The topological polar surface area (TPSA) is 47.0 Å². The molecule has 2 aromatic rings. The molecule has 96 valence electrons. The van der Waals surface area contributed by atoms with Crippen LogP contribution < -0.4 is 10.1 Å². The number of hydrogen-bond acceptors (Lipinski definition) is 5. The van der Waals surface area contributed by atoms with Gasteiger partial charge < -0.3 is 10.1 Å². The molecule has 4 nitrogen and oxygen atoms in total. The smallest absolute Gasteiger partial charge is 0.205 e. The van der Waals surface area contributed by atoms with Gasteiger partial charge in [-0.3, -0.25) is 0 Å². The lowest BCUT2D eigenvalue weighted by Gasteiger charge is -2.07. The summed E-state index contributed by atoms with van der Waals surface area (Å²) >= 11 is 1.59. The molecule has 18 heavy (non-hydrogen) atoms. The van der Waals surface area contributed by atoms with Crippen molar-refractivity contribution in [2.45, 2.75) is 19.8 Å². The van der Waals surface area contributed by atoms with E-state index in [9.17, 15) is 0 Å². The lowest BCUT2D eigenvalue weighted by atomic mass is 10.2. The van der Waals surface area contributed by atoms with Crippen LogP contribution in [0.4, 0.5) is 5.13 Å². The highest BCUT2D eigenvalue weighted by molar-refractivity contribution is 7.15. The summed E-state index contributed by atoms with van der Waals surface area (Å²) in [5, 5.41) is 13.0. The number of nitrogens with one attached hydrogen (secondary N) is 1. The monoisotopic (exact) mass is 263 g/mol. The summed E-state index contributed by atoms with van der Waals surface area (Å²) in [6.45, 7) is 2.76. The zero-order chi connectivity index (χ0) is 12.8. The second-order valence-electron chi connectivity index (χ2n) is 3.97. The quantitative estimate of drug-likeness (QED) is 0.814. The van der Waals surface area contributed by atoms with E-state index in [2.05, 4.69) is 28.5 Å². The van der Waals surface area contributed by atoms with Crippen molar-refractivity contribution in [1.29, 1.82) is 0 Å². The van der Waals surface area contributed by atoms with Crippen LogP contribution in [0.1, 0.15) is 17.0 Å². The Morgan fingerprint density at radius 3 is 2.83 bits per heavy atom. The lowest BCUT2D eigenvalue weighted by Crippen LogP contribution is -2.00. The number of ether oxygens (including phenoxy) is 1. The molecule has 0 aliphatic carbocycles. The van der Waals surface area contributed by atoms with E-state index in [1.54, 1.807) is 11.3 Å². The number of hydrogen-bond donors (Lipinski definition) is 1. The van der Waals surface area contributed by atoms with Crippen LogP contribution in [0, 0.1) is 6.92 Å². The van der Waals surface area contributed by atoms with E-state index in [4.69, 9.17) is 4.74 Å². The van der Waals surface area contributed by atoms with Gasteiger partial charge in [-0.25, -0.2) is 0 Å². The van der Waals surface area contributed by atoms with Gasteiger partial charge in [0.25, 0.3) is 0 Å². The van der Waals surface area contributed by atoms with Gasteiger partial charge in [-0.1, -0.05) is 29.5 Å². The van der Waals surface area contributed by atoms with Gasteiger partial charge in [-0.2, -0.15) is 0 Å². The molecule has 1 N–H and O–H groups in total. The molecule has 0 bridgehead atoms. The van der Waals surface area contributed by atoms with Crippen LogP contribution in [0.2, 0.25) is 0 Å². The number of aryl methyl sites for hydroxylation is 2. The molecular weight excluding hydrogens is 246 g/mol. The van der Waals surface area contributed by atoms with Crippen molar-refractivity contribution in [3.05, 3.63) is 34.8 Å². The Bertz CT molecular complexity index is 498. The zero-order valence-corrected chi connectivity index (χ0v) is 11.5. The molecule has 1 aromatic heterocycles. The van der Waals surface area contributed by atoms with Crippen molar-refractivity contribution < 1.29 is 4.74 Å². The summed E-state index contributed by atoms with van der Waals surface area (Å²) in [6, 6.07) is 8.06. The van der Waals surface area contributed by atoms with Gasteiger partial charge in [0.1, 0.15) is 10.8 Å². The summed E-state index contributed by atoms with van der Waals surface area (Å²) in [5.74, 6) is 0.964. The van der Waals surface area contributed by atoms with Gasteiger partial charge in [-0.05, 0) is 25.0 Å². The van der Waals surface area contributed by atoms with Crippen LogP contribution in [0.3, 0.4) is 0 Å². The van der Waals surface area contributed by atoms with Crippen LogP contribution in [-0.4, -0.2) is 23.9 Å². The SMILES string of the molecule is CNc1nnc(CCCOc2ccccc2C)s1. The standard InChI is InChI=1S/C13H17N3OS/c1-10-6-3-4-7-11(10)17-9-5-8-12-15-16-13(14-2)18-12/h3-4,6-7H,5,8-9H2,1-2H3,(H,14,16). The highest BCUT2D eigenvalue weighted by atomic mass is 32.1. The first-order chi connectivity index (χ1) is 8.79. The van der Waals surface area contributed by atoms with Gasteiger partial charge >= 0.3 is 0 Å². The lowest BCUT2D eigenvalue weighted by molar-refractivity contribution is 0.309. The molecule has 1 heterocycles. The molecule has 0 aliphatic rings. The highest BCUT2D eigenvalue weighted by Crippen LogP contribution is 2.18. The van der Waals surface area contributed by atoms with Gasteiger partial charge in [0.15, 0.2) is 0 Å². The maximum atomic E-state index is 5.73. The van der Waals surface area contributed by atoms with E-state index in [0.717, 1.165) is 28.7 Å². The molecule has 0 radical (unpaired) electrons. The predicted octanol–water partition coefficient (Wildman–Crippen LogP) is 2.90. The molecule has 1 aromatic carbocycles. The summed E-state index contributed by atoms with van der Waals surface area (Å²) in [4.78, 5) is 0. The first-order valence-electron chi connectivity index (χ1n) is 5.98. The average molecular weight is 263 g/mol. The zero-order valence-electron chi connectivity index (χ0n) is 10.6. The highest BCUT2D eigenvalue weighted by Gasteiger charge is 2.03. The van der Waals surface area contributed by atoms with Crippen LogP contribution in [0.25, 0.3) is 0 Å². The minimum absolute atomic E-state index is 0.708. The Kier molecular flexibility index (Phi) is 4.52. The fraction of sp³-hybridized carbons (Fsp3) is 0.385. The minimum atomic E-state index is 0.708. The fourth-order valence-corrected chi connectivity index (χ4v) is 2.31. The number of rotatable bonds is 6. The van der Waals surface area contributed by atoms with E-state index >= 15 is 0 Å². The summed E-state index contributed by atoms with van der Waals surface area (Å²) in [6.07, 6.45) is 1.86. The van der Waals surface area contributed by atoms with E-state index in [-0.39, 0.29) is 0 Å². The number of anilines is 1. The number of aromatic nitrogens is 2. The second kappa shape index (κ2) is 6.35. The third kappa shape index (κ3) is 3.43. The number of nitrogens with zero attached hydrogens (tertiary/aromatic N) is 2. The van der Waals surface area contributed by atoms with E-state index in [0.29, 0.717) is 6.61 Å².